The van der Waals surface area contributed by atoms with Crippen molar-refractivity contribution < 1.29 is 27.8 Å². The second-order valence-corrected chi connectivity index (χ2v) is 8.99. The van der Waals surface area contributed by atoms with Crippen molar-refractivity contribution in [2.75, 3.05) is 49.5 Å². The molecule has 1 fully saturated rings. The zero-order chi connectivity index (χ0) is 27.3. The lowest BCUT2D eigenvalue weighted by atomic mass is 10.1. The van der Waals surface area contributed by atoms with Crippen molar-refractivity contribution >= 4 is 35.0 Å². The number of aromatic hydroxyl groups is 1. The monoisotopic (exact) mass is 552 g/mol. The molecule has 1 aliphatic heterocycles. The van der Waals surface area contributed by atoms with Gasteiger partial charge in [-0.05, 0) is 30.3 Å². The summed E-state index contributed by atoms with van der Waals surface area (Å²) in [6.45, 7) is 3.05. The number of phenols is 1. The van der Waals surface area contributed by atoms with E-state index in [1.165, 1.54) is 30.5 Å². The average Bonchev–Trinajstić information content (AvgIpc) is 2.88. The molecule has 1 aliphatic rings. The van der Waals surface area contributed by atoms with Gasteiger partial charge in [0.05, 0.1) is 29.9 Å². The highest BCUT2D eigenvalue weighted by Crippen LogP contribution is 2.34. The Labute approximate surface area is 221 Å². The quantitative estimate of drug-likeness (QED) is 0.215. The van der Waals surface area contributed by atoms with Crippen molar-refractivity contribution in [3.8, 4) is 5.75 Å². The molecule has 2 aromatic carbocycles. The number of rotatable bonds is 8. The van der Waals surface area contributed by atoms with Crippen LogP contribution >= 0.6 is 11.6 Å². The van der Waals surface area contributed by atoms with Gasteiger partial charge in [-0.15, -0.1) is 0 Å². The highest BCUT2D eigenvalue weighted by molar-refractivity contribution is 6.32. The fraction of sp³-hybridized carbons (Fsp3) is 0.320. The number of aliphatic hydroxyl groups excluding tert-OH is 1. The van der Waals surface area contributed by atoms with Crippen molar-refractivity contribution in [3.63, 3.8) is 0 Å². The maximum atomic E-state index is 14.4. The van der Waals surface area contributed by atoms with E-state index >= 15 is 0 Å². The standard InChI is InChI=1S/C25H25ClF4N6O2/c26-20-12-19(33-18-3-1-2-17(11-18)25(28,29)30)10-16(23(20)38)13-31-15-22-32-14-21(27)24(34-22)36-6-4-35(5-7-36)8-9-37/h1-3,10-14,33,37-38H,4-9,15H2. The first kappa shape index (κ1) is 27.6. The van der Waals surface area contributed by atoms with E-state index in [0.717, 1.165) is 18.3 Å². The molecule has 1 aromatic heterocycles. The Hall–Kier alpha value is -3.48. The summed E-state index contributed by atoms with van der Waals surface area (Å²) >= 11 is 6.12. The molecule has 202 valence electrons. The number of aliphatic hydroxyl groups is 1. The lowest BCUT2D eigenvalue weighted by molar-refractivity contribution is -0.137. The molecule has 0 aliphatic carbocycles. The number of alkyl halides is 3. The van der Waals surface area contributed by atoms with Gasteiger partial charge < -0.3 is 20.4 Å². The van der Waals surface area contributed by atoms with Gasteiger partial charge in [0.25, 0.3) is 0 Å². The van der Waals surface area contributed by atoms with Crippen LogP contribution in [0.3, 0.4) is 0 Å². The molecular weight excluding hydrogens is 528 g/mol. The number of hydrogen-bond donors (Lipinski definition) is 3. The van der Waals surface area contributed by atoms with Crippen LogP contribution in [0.1, 0.15) is 17.0 Å². The van der Waals surface area contributed by atoms with Crippen LogP contribution < -0.4 is 10.2 Å². The van der Waals surface area contributed by atoms with Crippen LogP contribution in [0.15, 0.2) is 47.6 Å². The molecule has 0 spiro atoms. The molecule has 38 heavy (non-hydrogen) atoms. The Morgan fingerprint density at radius 2 is 1.87 bits per heavy atom. The summed E-state index contributed by atoms with van der Waals surface area (Å²) in [4.78, 5) is 16.4. The molecule has 3 aromatic rings. The number of aromatic nitrogens is 2. The predicted octanol–water partition coefficient (Wildman–Crippen LogP) is 4.47. The van der Waals surface area contributed by atoms with E-state index in [9.17, 15) is 22.7 Å². The van der Waals surface area contributed by atoms with E-state index in [1.54, 1.807) is 0 Å². The molecule has 13 heteroatoms. The SMILES string of the molecule is OCCN1CCN(c2nc(CN=Cc3cc(Nc4cccc(C(F)(F)F)c4)cc(Cl)c3O)ncc2F)CC1. The number of hydrogen-bond acceptors (Lipinski definition) is 8. The van der Waals surface area contributed by atoms with Crippen molar-refractivity contribution in [2.45, 2.75) is 12.7 Å². The highest BCUT2D eigenvalue weighted by Gasteiger charge is 2.30. The third kappa shape index (κ3) is 6.88. The van der Waals surface area contributed by atoms with Crippen LogP contribution in [0.2, 0.25) is 5.02 Å². The largest absolute Gasteiger partial charge is 0.506 e. The zero-order valence-electron chi connectivity index (χ0n) is 20.1. The number of aliphatic imine (C=N–C) groups is 1. The number of nitrogens with one attached hydrogen (secondary N) is 1. The second-order valence-electron chi connectivity index (χ2n) is 8.58. The van der Waals surface area contributed by atoms with Crippen molar-refractivity contribution in [3.05, 3.63) is 70.4 Å². The summed E-state index contributed by atoms with van der Waals surface area (Å²) in [7, 11) is 0. The molecule has 0 atom stereocenters. The molecule has 0 unspecified atom stereocenters. The molecule has 2 heterocycles. The second kappa shape index (κ2) is 11.9. The van der Waals surface area contributed by atoms with Crippen LogP contribution in [0, 0.1) is 5.82 Å². The summed E-state index contributed by atoms with van der Waals surface area (Å²) in [5, 5.41) is 22.2. The number of benzene rings is 2. The van der Waals surface area contributed by atoms with Crippen LogP contribution in [0.25, 0.3) is 0 Å². The Balaban J connectivity index is 1.46. The predicted molar refractivity (Wildman–Crippen MR) is 137 cm³/mol. The van der Waals surface area contributed by atoms with Gasteiger partial charge in [-0.25, -0.2) is 14.4 Å². The molecule has 0 radical (unpaired) electrons. The topological polar surface area (TPSA) is 97.1 Å². The molecule has 0 saturated carbocycles. The first-order chi connectivity index (χ1) is 18.1. The van der Waals surface area contributed by atoms with E-state index in [2.05, 4.69) is 25.2 Å². The first-order valence-electron chi connectivity index (χ1n) is 11.7. The minimum Gasteiger partial charge on any atom is -0.506 e. The summed E-state index contributed by atoms with van der Waals surface area (Å²) in [6.07, 6.45) is -2.07. The van der Waals surface area contributed by atoms with E-state index in [-0.39, 0.29) is 46.8 Å². The van der Waals surface area contributed by atoms with Crippen LogP contribution in [-0.4, -0.2) is 70.6 Å². The van der Waals surface area contributed by atoms with Crippen LogP contribution in [-0.2, 0) is 12.7 Å². The fourth-order valence-corrected chi connectivity index (χ4v) is 4.20. The van der Waals surface area contributed by atoms with Gasteiger partial charge in [-0.2, -0.15) is 13.2 Å². The summed E-state index contributed by atoms with van der Waals surface area (Å²) < 4.78 is 53.5. The minimum absolute atomic E-state index is 0.0138. The van der Waals surface area contributed by atoms with Gasteiger partial charge in [0.15, 0.2) is 17.5 Å². The molecular formula is C25H25ClF4N6O2. The first-order valence-corrected chi connectivity index (χ1v) is 12.1. The highest BCUT2D eigenvalue weighted by atomic mass is 35.5. The minimum atomic E-state index is -4.49. The van der Waals surface area contributed by atoms with Gasteiger partial charge in [0.2, 0.25) is 0 Å². The van der Waals surface area contributed by atoms with E-state index in [0.29, 0.717) is 38.4 Å². The van der Waals surface area contributed by atoms with Gasteiger partial charge in [-0.3, -0.25) is 9.89 Å². The third-order valence-electron chi connectivity index (χ3n) is 5.90. The number of anilines is 3. The zero-order valence-corrected chi connectivity index (χ0v) is 20.8. The fourth-order valence-electron chi connectivity index (χ4n) is 3.97. The molecule has 4 rings (SSSR count). The molecule has 8 nitrogen and oxygen atoms in total. The van der Waals surface area contributed by atoms with Crippen LogP contribution in [0.4, 0.5) is 34.8 Å². The molecule has 3 N–H and O–H groups in total. The molecule has 1 saturated heterocycles. The molecule has 0 amide bonds. The third-order valence-corrected chi connectivity index (χ3v) is 6.19. The lowest BCUT2D eigenvalue weighted by Gasteiger charge is -2.35. The van der Waals surface area contributed by atoms with Crippen molar-refractivity contribution in [1.82, 2.24) is 14.9 Å². The number of piperazine rings is 1. The number of phenolic OH excluding ortho intramolecular Hbond substituents is 1. The normalized spacial score (nSPS) is 14.8. The summed E-state index contributed by atoms with van der Waals surface area (Å²) in [5.41, 5.74) is -0.0580. The lowest BCUT2D eigenvalue weighted by Crippen LogP contribution is -2.47. The maximum absolute atomic E-state index is 14.4. The van der Waals surface area contributed by atoms with Crippen molar-refractivity contribution in [2.24, 2.45) is 4.99 Å². The smallest absolute Gasteiger partial charge is 0.416 e. The maximum Gasteiger partial charge on any atom is 0.416 e. The molecule has 0 bridgehead atoms. The van der Waals surface area contributed by atoms with Gasteiger partial charge in [0, 0.05) is 55.9 Å². The van der Waals surface area contributed by atoms with Gasteiger partial charge in [0.1, 0.15) is 5.75 Å². The van der Waals surface area contributed by atoms with Gasteiger partial charge in [-0.1, -0.05) is 17.7 Å². The number of nitrogens with zero attached hydrogens (tertiary/aromatic N) is 5. The average molecular weight is 553 g/mol. The number of halogens is 5. The van der Waals surface area contributed by atoms with E-state index < -0.39 is 17.6 Å². The Bertz CT molecular complexity index is 1300. The van der Waals surface area contributed by atoms with E-state index in [1.807, 2.05) is 4.90 Å². The summed E-state index contributed by atoms with van der Waals surface area (Å²) in [5.74, 6) is -0.371. The summed E-state index contributed by atoms with van der Waals surface area (Å²) in [6, 6.07) is 7.54. The Morgan fingerprint density at radius 3 is 2.58 bits per heavy atom. The van der Waals surface area contributed by atoms with E-state index in [4.69, 9.17) is 16.7 Å². The Kier molecular flexibility index (Phi) is 8.65. The Morgan fingerprint density at radius 1 is 1.11 bits per heavy atom. The van der Waals surface area contributed by atoms with Gasteiger partial charge >= 0.3 is 6.18 Å². The van der Waals surface area contributed by atoms with Crippen molar-refractivity contribution in [1.29, 1.82) is 0 Å². The number of β-amino-alcohol motifs (C(OH)–C–C–N with tert-alkyl or cyclic N) is 1. The van der Waals surface area contributed by atoms with Crippen LogP contribution in [0.5, 0.6) is 5.75 Å².